The summed E-state index contributed by atoms with van der Waals surface area (Å²) in [5.74, 6) is -2.49. The van der Waals surface area contributed by atoms with E-state index in [0.717, 1.165) is 24.6 Å². The Morgan fingerprint density at radius 1 is 1.20 bits per heavy atom. The number of carbonyl (C=O) groups is 3. The van der Waals surface area contributed by atoms with Gasteiger partial charge >= 0.3 is 12.3 Å². The second-order valence-corrected chi connectivity index (χ2v) is 8.72. The van der Waals surface area contributed by atoms with Gasteiger partial charge in [-0.1, -0.05) is 18.2 Å². The number of imide groups is 1. The van der Waals surface area contributed by atoms with E-state index in [4.69, 9.17) is 10.5 Å². The molecule has 1 heterocycles. The number of halogens is 4. The van der Waals surface area contributed by atoms with E-state index < -0.39 is 54.6 Å². The average Bonchev–Trinajstić information content (AvgIpc) is 3.02. The molecule has 1 aliphatic heterocycles. The summed E-state index contributed by atoms with van der Waals surface area (Å²) in [6, 6.07) is 7.26. The van der Waals surface area contributed by atoms with Gasteiger partial charge in [0, 0.05) is 24.2 Å². The standard InChI is InChI=1S/C24H23F4N3O4/c1-14(24(26,27)28)30(12-15-4-6-17(25)7-5-15)20(32)13-31-21(33)23(35-22(31)34)10-2-3-16-11-18(29)8-9-19(16)23/h4-9,11,14H,2-3,10,12-13,29H2,1H3/t14-,23?/m0/s1. The first-order valence-electron chi connectivity index (χ1n) is 11.0. The third-order valence-corrected chi connectivity index (χ3v) is 6.43. The molecule has 0 aromatic heterocycles. The van der Waals surface area contributed by atoms with Crippen molar-refractivity contribution in [3.05, 3.63) is 65.0 Å². The third-order valence-electron chi connectivity index (χ3n) is 6.43. The largest absolute Gasteiger partial charge is 0.427 e. The molecule has 0 radical (unpaired) electrons. The highest BCUT2D eigenvalue weighted by Gasteiger charge is 2.57. The number of alkyl halides is 3. The molecule has 2 aliphatic rings. The third kappa shape index (κ3) is 4.54. The number of hydrogen-bond acceptors (Lipinski definition) is 5. The summed E-state index contributed by atoms with van der Waals surface area (Å²) in [7, 11) is 0. The Labute approximate surface area is 198 Å². The van der Waals surface area contributed by atoms with Crippen molar-refractivity contribution < 1.29 is 36.7 Å². The second kappa shape index (κ2) is 8.86. The van der Waals surface area contributed by atoms with Crippen LogP contribution < -0.4 is 5.73 Å². The zero-order valence-electron chi connectivity index (χ0n) is 18.8. The van der Waals surface area contributed by atoms with Crippen molar-refractivity contribution in [1.29, 1.82) is 0 Å². The Kier molecular flexibility index (Phi) is 6.20. The van der Waals surface area contributed by atoms with Crippen LogP contribution in [-0.4, -0.2) is 46.5 Å². The highest BCUT2D eigenvalue weighted by molar-refractivity contribution is 6.06. The van der Waals surface area contributed by atoms with Crippen molar-refractivity contribution in [1.82, 2.24) is 9.80 Å². The smallest absolute Gasteiger partial charge is 0.418 e. The topological polar surface area (TPSA) is 92.9 Å². The number of nitrogens with zero attached hydrogens (tertiary/aromatic N) is 2. The number of hydrogen-bond donors (Lipinski definition) is 1. The fraction of sp³-hybridized carbons (Fsp3) is 0.375. The second-order valence-electron chi connectivity index (χ2n) is 8.72. The van der Waals surface area contributed by atoms with Crippen LogP contribution in [0.2, 0.25) is 0 Å². The molecule has 0 saturated carbocycles. The highest BCUT2D eigenvalue weighted by atomic mass is 19.4. The number of benzene rings is 2. The molecule has 2 N–H and O–H groups in total. The Hall–Kier alpha value is -3.63. The van der Waals surface area contributed by atoms with Gasteiger partial charge in [-0.15, -0.1) is 0 Å². The van der Waals surface area contributed by atoms with E-state index in [1.165, 1.54) is 12.1 Å². The summed E-state index contributed by atoms with van der Waals surface area (Å²) in [5, 5.41) is 0. The van der Waals surface area contributed by atoms with E-state index in [-0.39, 0.29) is 12.0 Å². The van der Waals surface area contributed by atoms with E-state index in [1.54, 1.807) is 18.2 Å². The van der Waals surface area contributed by atoms with Crippen LogP contribution in [0.3, 0.4) is 0 Å². The first kappa shape index (κ1) is 24.5. The number of fused-ring (bicyclic) bond motifs is 2. The van der Waals surface area contributed by atoms with Gasteiger partial charge in [0.15, 0.2) is 0 Å². The molecule has 4 rings (SSSR count). The normalized spacial score (nSPS) is 20.5. The van der Waals surface area contributed by atoms with Crippen LogP contribution in [0.15, 0.2) is 42.5 Å². The lowest BCUT2D eigenvalue weighted by Gasteiger charge is -2.33. The van der Waals surface area contributed by atoms with Crippen LogP contribution in [0.25, 0.3) is 0 Å². The van der Waals surface area contributed by atoms with Crippen LogP contribution in [0, 0.1) is 5.82 Å². The Morgan fingerprint density at radius 2 is 1.89 bits per heavy atom. The van der Waals surface area contributed by atoms with Gasteiger partial charge < -0.3 is 15.4 Å². The van der Waals surface area contributed by atoms with E-state index in [9.17, 15) is 31.9 Å². The molecule has 1 fully saturated rings. The van der Waals surface area contributed by atoms with Gasteiger partial charge in [0.1, 0.15) is 18.4 Å². The van der Waals surface area contributed by atoms with Gasteiger partial charge in [0.2, 0.25) is 11.5 Å². The lowest BCUT2D eigenvalue weighted by atomic mass is 9.78. The number of amides is 3. The fourth-order valence-electron chi connectivity index (χ4n) is 4.52. The van der Waals surface area contributed by atoms with Crippen LogP contribution in [0.1, 0.15) is 36.5 Å². The monoisotopic (exact) mass is 493 g/mol. The quantitative estimate of drug-likeness (QED) is 0.504. The van der Waals surface area contributed by atoms with Gasteiger partial charge in [-0.25, -0.2) is 14.1 Å². The first-order chi connectivity index (χ1) is 16.4. The molecule has 186 valence electrons. The van der Waals surface area contributed by atoms with E-state index in [1.807, 2.05) is 0 Å². The molecule has 2 atom stereocenters. The molecule has 11 heteroatoms. The lowest BCUT2D eigenvalue weighted by molar-refractivity contribution is -0.187. The number of aryl methyl sites for hydroxylation is 1. The molecular weight excluding hydrogens is 470 g/mol. The molecule has 1 unspecified atom stereocenters. The summed E-state index contributed by atoms with van der Waals surface area (Å²) in [6.45, 7) is -0.621. The van der Waals surface area contributed by atoms with Crippen molar-refractivity contribution in [2.24, 2.45) is 0 Å². The van der Waals surface area contributed by atoms with E-state index in [2.05, 4.69) is 0 Å². The predicted molar refractivity (Wildman–Crippen MR) is 116 cm³/mol. The maximum atomic E-state index is 13.5. The zero-order valence-corrected chi connectivity index (χ0v) is 18.8. The van der Waals surface area contributed by atoms with E-state index >= 15 is 0 Å². The van der Waals surface area contributed by atoms with Gasteiger partial charge in [0.25, 0.3) is 5.91 Å². The van der Waals surface area contributed by atoms with Gasteiger partial charge in [-0.05, 0) is 55.2 Å². The molecule has 0 bridgehead atoms. The number of anilines is 1. The average molecular weight is 493 g/mol. The summed E-state index contributed by atoms with van der Waals surface area (Å²) in [4.78, 5) is 40.2. The lowest BCUT2D eigenvalue weighted by Crippen LogP contribution is -2.51. The molecule has 7 nitrogen and oxygen atoms in total. The van der Waals surface area contributed by atoms with Crippen molar-refractivity contribution in [2.75, 3.05) is 12.3 Å². The van der Waals surface area contributed by atoms with Crippen molar-refractivity contribution in [3.8, 4) is 0 Å². The number of nitrogens with two attached hydrogens (primary N) is 1. The van der Waals surface area contributed by atoms with Crippen LogP contribution in [0.5, 0.6) is 0 Å². The van der Waals surface area contributed by atoms with Crippen molar-refractivity contribution >= 4 is 23.6 Å². The summed E-state index contributed by atoms with van der Waals surface area (Å²) < 4.78 is 59.3. The minimum atomic E-state index is -4.77. The maximum absolute atomic E-state index is 13.5. The summed E-state index contributed by atoms with van der Waals surface area (Å²) in [5.41, 5.74) is 6.10. The van der Waals surface area contributed by atoms with E-state index in [0.29, 0.717) is 33.9 Å². The minimum absolute atomic E-state index is 0.178. The first-order valence-corrected chi connectivity index (χ1v) is 11.0. The van der Waals surface area contributed by atoms with Gasteiger partial charge in [0.05, 0.1) is 0 Å². The van der Waals surface area contributed by atoms with Crippen LogP contribution in [-0.2, 0) is 32.9 Å². The summed E-state index contributed by atoms with van der Waals surface area (Å²) in [6.07, 6.45) is -4.57. The van der Waals surface area contributed by atoms with Gasteiger partial charge in [-0.3, -0.25) is 9.59 Å². The molecule has 1 spiro atoms. The highest BCUT2D eigenvalue weighted by Crippen LogP contribution is 2.44. The number of carbonyl (C=O) groups excluding carboxylic acids is 3. The summed E-state index contributed by atoms with van der Waals surface area (Å²) >= 11 is 0. The zero-order chi connectivity index (χ0) is 25.5. The van der Waals surface area contributed by atoms with Crippen molar-refractivity contribution in [3.63, 3.8) is 0 Å². The Balaban J connectivity index is 1.60. The Bertz CT molecular complexity index is 1170. The fourth-order valence-corrected chi connectivity index (χ4v) is 4.52. The molecule has 35 heavy (non-hydrogen) atoms. The minimum Gasteiger partial charge on any atom is -0.427 e. The molecular formula is C24H23F4N3O4. The number of nitrogen functional groups attached to an aromatic ring is 1. The van der Waals surface area contributed by atoms with Gasteiger partial charge in [-0.2, -0.15) is 13.2 Å². The van der Waals surface area contributed by atoms with Crippen molar-refractivity contribution in [2.45, 2.75) is 50.6 Å². The SMILES string of the molecule is C[C@H](N(Cc1ccc(F)cc1)C(=O)CN1C(=O)OC2(CCCc3cc(N)ccc32)C1=O)C(F)(F)F. The predicted octanol–water partition coefficient (Wildman–Crippen LogP) is 3.90. The van der Waals surface area contributed by atoms with Crippen LogP contribution in [0.4, 0.5) is 28.0 Å². The Morgan fingerprint density at radius 3 is 2.54 bits per heavy atom. The molecule has 1 saturated heterocycles. The molecule has 1 aliphatic carbocycles. The van der Waals surface area contributed by atoms with Crippen LogP contribution >= 0.6 is 0 Å². The number of ether oxygens (including phenoxy) is 1. The molecule has 3 amide bonds. The molecule has 2 aromatic rings. The molecule has 2 aromatic carbocycles. The maximum Gasteiger partial charge on any atom is 0.418 e. The number of rotatable bonds is 5.